The van der Waals surface area contributed by atoms with E-state index in [9.17, 15) is 18.4 Å². The van der Waals surface area contributed by atoms with Crippen LogP contribution in [-0.4, -0.2) is 69.4 Å². The summed E-state index contributed by atoms with van der Waals surface area (Å²) in [6.45, 7) is 3.79. The normalized spacial score (nSPS) is 20.4. The Hall–Kier alpha value is -4.28. The molecule has 3 atom stereocenters. The topological polar surface area (TPSA) is 80.3 Å². The SMILES string of the molecule is COCC1=C(C(=O)OC)C(c2ccc(F)c(F)c2)N(CCCN2CCC(c3cc(C)ccc3OC)CC2c2ccccc2)C(=O)N1. The standard InChI is InChI=1S/C36H41F2N3O5/c1-23-11-14-32(45-3)27(19-23)25-15-18-40(31(21-25)24-9-6-5-7-10-24)16-8-17-41-34(26-12-13-28(37)29(38)20-26)33(35(42)46-4)30(22-44-2)39-36(41)43/h5-7,9-14,19-20,25,31,34H,8,15-18,21-22H2,1-4H3,(H,39,43). The molecule has 46 heavy (non-hydrogen) atoms. The number of likely N-dealkylation sites (tertiary alicyclic amines) is 1. The zero-order chi connectivity index (χ0) is 32.8. The summed E-state index contributed by atoms with van der Waals surface area (Å²) in [4.78, 5) is 30.5. The molecule has 2 aliphatic rings. The molecular weight excluding hydrogens is 592 g/mol. The highest BCUT2D eigenvalue weighted by Gasteiger charge is 2.40. The number of nitrogens with one attached hydrogen (secondary N) is 1. The molecule has 0 radical (unpaired) electrons. The maximum atomic E-state index is 14.5. The van der Waals surface area contributed by atoms with Crippen LogP contribution in [0.4, 0.5) is 13.6 Å². The first-order chi connectivity index (χ1) is 22.2. The summed E-state index contributed by atoms with van der Waals surface area (Å²) in [5, 5.41) is 2.77. The summed E-state index contributed by atoms with van der Waals surface area (Å²) in [5.41, 5.74) is 4.23. The van der Waals surface area contributed by atoms with Gasteiger partial charge in [0.2, 0.25) is 0 Å². The lowest BCUT2D eigenvalue weighted by molar-refractivity contribution is -0.137. The highest BCUT2D eigenvalue weighted by molar-refractivity contribution is 5.95. The van der Waals surface area contributed by atoms with Crippen molar-refractivity contribution < 1.29 is 32.6 Å². The molecule has 2 aliphatic heterocycles. The van der Waals surface area contributed by atoms with E-state index in [-0.39, 0.29) is 36.0 Å². The van der Waals surface area contributed by atoms with Gasteiger partial charge in [-0.05, 0) is 73.5 Å². The summed E-state index contributed by atoms with van der Waals surface area (Å²) in [5.74, 6) is -1.56. The minimum absolute atomic E-state index is 0.0659. The molecule has 10 heteroatoms. The fourth-order valence-corrected chi connectivity index (χ4v) is 6.77. The van der Waals surface area contributed by atoms with E-state index in [1.54, 1.807) is 7.11 Å². The van der Waals surface area contributed by atoms with Gasteiger partial charge < -0.3 is 24.4 Å². The van der Waals surface area contributed by atoms with Crippen LogP contribution in [0.25, 0.3) is 0 Å². The molecule has 1 fully saturated rings. The Kier molecular flexibility index (Phi) is 10.7. The molecule has 2 heterocycles. The number of urea groups is 1. The average molecular weight is 634 g/mol. The lowest BCUT2D eigenvalue weighted by Gasteiger charge is -2.42. The van der Waals surface area contributed by atoms with E-state index in [0.29, 0.717) is 18.9 Å². The first kappa shape index (κ1) is 33.1. The number of methoxy groups -OCH3 is 3. The van der Waals surface area contributed by atoms with Crippen molar-refractivity contribution in [2.24, 2.45) is 0 Å². The number of hydrogen-bond donors (Lipinski definition) is 1. The van der Waals surface area contributed by atoms with Crippen molar-refractivity contribution in [3.05, 3.63) is 112 Å². The molecular formula is C36H41F2N3O5. The summed E-state index contributed by atoms with van der Waals surface area (Å²) in [6.07, 6.45) is 2.42. The third-order valence-corrected chi connectivity index (χ3v) is 8.95. The number of piperidine rings is 1. The maximum Gasteiger partial charge on any atom is 0.338 e. The van der Waals surface area contributed by atoms with Gasteiger partial charge in [0.25, 0.3) is 0 Å². The van der Waals surface area contributed by atoms with Gasteiger partial charge in [-0.3, -0.25) is 4.90 Å². The molecule has 3 aromatic carbocycles. The van der Waals surface area contributed by atoms with Gasteiger partial charge in [-0.15, -0.1) is 0 Å². The Labute approximate surface area is 268 Å². The van der Waals surface area contributed by atoms with E-state index in [1.807, 2.05) is 24.3 Å². The number of halogens is 2. The Bertz CT molecular complexity index is 1580. The number of esters is 1. The van der Waals surface area contributed by atoms with Crippen molar-refractivity contribution in [2.75, 3.05) is 47.6 Å². The van der Waals surface area contributed by atoms with Crippen LogP contribution in [0.15, 0.2) is 78.0 Å². The van der Waals surface area contributed by atoms with Gasteiger partial charge in [-0.1, -0.05) is 54.1 Å². The quantitative estimate of drug-likeness (QED) is 0.245. The second-order valence-corrected chi connectivity index (χ2v) is 11.8. The minimum atomic E-state index is -1.07. The molecule has 2 amide bonds. The molecule has 5 rings (SSSR count). The Morgan fingerprint density at radius 1 is 0.957 bits per heavy atom. The summed E-state index contributed by atoms with van der Waals surface area (Å²) in [7, 11) is 4.39. The molecule has 244 valence electrons. The highest BCUT2D eigenvalue weighted by Crippen LogP contribution is 2.43. The molecule has 3 aromatic rings. The fraction of sp³-hybridized carbons (Fsp3) is 0.389. The summed E-state index contributed by atoms with van der Waals surface area (Å²) >= 11 is 0. The number of amides is 2. The van der Waals surface area contributed by atoms with Crippen LogP contribution < -0.4 is 10.1 Å². The second kappa shape index (κ2) is 14.9. The number of carbonyl (C=O) groups is 2. The zero-order valence-electron chi connectivity index (χ0n) is 26.7. The molecule has 8 nitrogen and oxygen atoms in total. The number of rotatable bonds is 11. The van der Waals surface area contributed by atoms with Gasteiger partial charge in [0.05, 0.1) is 38.1 Å². The van der Waals surface area contributed by atoms with E-state index in [2.05, 4.69) is 41.4 Å². The second-order valence-electron chi connectivity index (χ2n) is 11.8. The van der Waals surface area contributed by atoms with Crippen LogP contribution in [0.1, 0.15) is 59.5 Å². The van der Waals surface area contributed by atoms with E-state index in [4.69, 9.17) is 14.2 Å². The number of benzene rings is 3. The van der Waals surface area contributed by atoms with Crippen molar-refractivity contribution >= 4 is 12.0 Å². The predicted molar refractivity (Wildman–Crippen MR) is 170 cm³/mol. The number of hydrogen-bond acceptors (Lipinski definition) is 6. The lowest BCUT2D eigenvalue weighted by Crippen LogP contribution is -2.50. The van der Waals surface area contributed by atoms with Crippen molar-refractivity contribution in [3.63, 3.8) is 0 Å². The van der Waals surface area contributed by atoms with E-state index in [0.717, 1.165) is 37.3 Å². The van der Waals surface area contributed by atoms with E-state index in [1.165, 1.54) is 41.9 Å². The molecule has 0 aliphatic carbocycles. The Morgan fingerprint density at radius 2 is 1.74 bits per heavy atom. The van der Waals surface area contributed by atoms with Crippen LogP contribution in [0.3, 0.4) is 0 Å². The Morgan fingerprint density at radius 3 is 2.43 bits per heavy atom. The largest absolute Gasteiger partial charge is 0.496 e. The van der Waals surface area contributed by atoms with Crippen molar-refractivity contribution in [3.8, 4) is 5.75 Å². The lowest BCUT2D eigenvalue weighted by atomic mass is 9.82. The molecule has 3 unspecified atom stereocenters. The maximum absolute atomic E-state index is 14.5. The van der Waals surface area contributed by atoms with Crippen LogP contribution in [-0.2, 0) is 14.3 Å². The zero-order valence-corrected chi connectivity index (χ0v) is 26.7. The summed E-state index contributed by atoms with van der Waals surface area (Å²) in [6, 6.07) is 18.8. The number of ether oxygens (including phenoxy) is 3. The summed E-state index contributed by atoms with van der Waals surface area (Å²) < 4.78 is 44.5. The third-order valence-electron chi connectivity index (χ3n) is 8.95. The van der Waals surface area contributed by atoms with Gasteiger partial charge in [-0.2, -0.15) is 0 Å². The smallest absolute Gasteiger partial charge is 0.338 e. The first-order valence-electron chi connectivity index (χ1n) is 15.5. The van der Waals surface area contributed by atoms with Crippen molar-refractivity contribution in [1.82, 2.24) is 15.1 Å². The average Bonchev–Trinajstić information content (AvgIpc) is 3.07. The number of nitrogens with zero attached hydrogens (tertiary/aromatic N) is 2. The van der Waals surface area contributed by atoms with Gasteiger partial charge in [0.1, 0.15) is 5.75 Å². The van der Waals surface area contributed by atoms with Crippen molar-refractivity contribution in [1.29, 1.82) is 0 Å². The van der Waals surface area contributed by atoms with E-state index >= 15 is 0 Å². The molecule has 0 saturated carbocycles. The minimum Gasteiger partial charge on any atom is -0.496 e. The van der Waals surface area contributed by atoms with Crippen molar-refractivity contribution in [2.45, 2.75) is 44.2 Å². The fourth-order valence-electron chi connectivity index (χ4n) is 6.77. The van der Waals surface area contributed by atoms with Crippen LogP contribution in [0.5, 0.6) is 5.75 Å². The van der Waals surface area contributed by atoms with Crippen LogP contribution in [0.2, 0.25) is 0 Å². The van der Waals surface area contributed by atoms with Crippen LogP contribution >= 0.6 is 0 Å². The van der Waals surface area contributed by atoms with Gasteiger partial charge >= 0.3 is 12.0 Å². The highest BCUT2D eigenvalue weighted by atomic mass is 19.2. The third kappa shape index (κ3) is 7.08. The van der Waals surface area contributed by atoms with Gasteiger partial charge in [0.15, 0.2) is 11.6 Å². The Balaban J connectivity index is 1.40. The predicted octanol–water partition coefficient (Wildman–Crippen LogP) is 6.43. The molecule has 1 saturated heterocycles. The molecule has 1 N–H and O–H groups in total. The monoisotopic (exact) mass is 633 g/mol. The first-order valence-corrected chi connectivity index (χ1v) is 15.5. The van der Waals surface area contributed by atoms with Crippen LogP contribution in [0, 0.1) is 18.6 Å². The number of aryl methyl sites for hydroxylation is 1. The number of carbonyl (C=O) groups excluding carboxylic acids is 2. The van der Waals surface area contributed by atoms with Gasteiger partial charge in [-0.25, -0.2) is 18.4 Å². The molecule has 0 bridgehead atoms. The van der Waals surface area contributed by atoms with Gasteiger partial charge in [0, 0.05) is 26.2 Å². The molecule has 0 spiro atoms. The molecule has 0 aromatic heterocycles. The van der Waals surface area contributed by atoms with E-state index < -0.39 is 29.7 Å².